The molecule has 2 rings (SSSR count). The van der Waals surface area contributed by atoms with Gasteiger partial charge in [0.25, 0.3) is 0 Å². The number of carboxylic acids is 1. The van der Waals surface area contributed by atoms with Crippen LogP contribution in [0.3, 0.4) is 0 Å². The molecule has 0 aromatic rings. The summed E-state index contributed by atoms with van der Waals surface area (Å²) in [5, 5.41) is 9.51. The van der Waals surface area contributed by atoms with Crippen molar-refractivity contribution in [1.29, 1.82) is 0 Å². The molecule has 1 aliphatic carbocycles. The second-order valence-electron chi connectivity index (χ2n) is 7.04. The Balaban J connectivity index is 2.08. The molecule has 20 heavy (non-hydrogen) atoms. The molecule has 1 heterocycles. The Labute approximate surface area is 120 Å². The van der Waals surface area contributed by atoms with E-state index in [1.807, 2.05) is 0 Å². The average molecular weight is 283 g/mol. The highest BCUT2D eigenvalue weighted by Crippen LogP contribution is 2.40. The van der Waals surface area contributed by atoms with E-state index in [4.69, 9.17) is 4.74 Å². The van der Waals surface area contributed by atoms with Gasteiger partial charge in [0.05, 0.1) is 0 Å². The SMILES string of the molecule is CC(C)(C)OC(=O)N1CCC[C@H](CC2CC2)[C@@H]1C(=O)O. The molecule has 1 aliphatic heterocycles. The van der Waals surface area contributed by atoms with Gasteiger partial charge in [0, 0.05) is 6.54 Å². The second-order valence-corrected chi connectivity index (χ2v) is 7.04. The van der Waals surface area contributed by atoms with Crippen LogP contribution in [0.2, 0.25) is 0 Å². The minimum absolute atomic E-state index is 0.0706. The molecule has 0 unspecified atom stereocenters. The van der Waals surface area contributed by atoms with Crippen LogP contribution in [0.1, 0.15) is 52.9 Å². The van der Waals surface area contributed by atoms with E-state index in [1.165, 1.54) is 17.7 Å². The molecule has 0 radical (unpaired) electrons. The Hall–Kier alpha value is -1.26. The first-order valence-corrected chi connectivity index (χ1v) is 7.50. The first kappa shape index (κ1) is 15.1. The van der Waals surface area contributed by atoms with Crippen LogP contribution in [0.25, 0.3) is 0 Å². The summed E-state index contributed by atoms with van der Waals surface area (Å²) in [5.41, 5.74) is -0.594. The minimum atomic E-state index is -0.902. The maximum Gasteiger partial charge on any atom is 0.411 e. The standard InChI is InChI=1S/C15H25NO4/c1-15(2,3)20-14(19)16-8-4-5-11(9-10-6-7-10)12(16)13(17)18/h10-12H,4-9H2,1-3H3,(H,17,18)/t11-,12-/m1/s1. The maximum atomic E-state index is 12.2. The summed E-state index contributed by atoms with van der Waals surface area (Å²) < 4.78 is 5.35. The van der Waals surface area contributed by atoms with Crippen molar-refractivity contribution < 1.29 is 19.4 Å². The van der Waals surface area contributed by atoms with Crippen molar-refractivity contribution in [3.63, 3.8) is 0 Å². The van der Waals surface area contributed by atoms with Gasteiger partial charge in [-0.3, -0.25) is 4.90 Å². The highest BCUT2D eigenvalue weighted by atomic mass is 16.6. The van der Waals surface area contributed by atoms with Crippen molar-refractivity contribution in [1.82, 2.24) is 4.90 Å². The van der Waals surface area contributed by atoms with Gasteiger partial charge in [0.1, 0.15) is 11.6 Å². The Kier molecular flexibility index (Phi) is 4.25. The quantitative estimate of drug-likeness (QED) is 0.864. The number of hydrogen-bond acceptors (Lipinski definition) is 3. The van der Waals surface area contributed by atoms with E-state index >= 15 is 0 Å². The maximum absolute atomic E-state index is 12.2. The Morgan fingerprint density at radius 3 is 2.40 bits per heavy atom. The van der Waals surface area contributed by atoms with Crippen molar-refractivity contribution in [2.75, 3.05) is 6.54 Å². The Bertz CT molecular complexity index is 384. The molecule has 0 spiro atoms. The number of piperidine rings is 1. The number of aliphatic carboxylic acids is 1. The normalized spacial score (nSPS) is 27.2. The van der Waals surface area contributed by atoms with E-state index in [-0.39, 0.29) is 5.92 Å². The fraction of sp³-hybridized carbons (Fsp3) is 0.867. The van der Waals surface area contributed by atoms with E-state index in [9.17, 15) is 14.7 Å². The van der Waals surface area contributed by atoms with E-state index in [2.05, 4.69) is 0 Å². The van der Waals surface area contributed by atoms with Crippen molar-refractivity contribution in [2.45, 2.75) is 64.5 Å². The second kappa shape index (κ2) is 5.62. The lowest BCUT2D eigenvalue weighted by Crippen LogP contribution is -2.53. The molecule has 1 amide bonds. The summed E-state index contributed by atoms with van der Waals surface area (Å²) in [5.74, 6) is -0.164. The number of carboxylic acid groups (broad SMARTS) is 1. The third-order valence-corrected chi connectivity index (χ3v) is 3.97. The van der Waals surface area contributed by atoms with Gasteiger partial charge >= 0.3 is 12.1 Å². The number of amides is 1. The van der Waals surface area contributed by atoms with E-state index in [0.717, 1.165) is 19.3 Å². The van der Waals surface area contributed by atoms with Crippen LogP contribution in [-0.2, 0) is 9.53 Å². The highest BCUT2D eigenvalue weighted by molar-refractivity contribution is 5.80. The molecule has 114 valence electrons. The molecule has 1 saturated carbocycles. The molecule has 2 atom stereocenters. The molecule has 2 fully saturated rings. The lowest BCUT2D eigenvalue weighted by atomic mass is 9.85. The van der Waals surface area contributed by atoms with Gasteiger partial charge in [0.15, 0.2) is 0 Å². The highest BCUT2D eigenvalue weighted by Gasteiger charge is 2.42. The van der Waals surface area contributed by atoms with Crippen LogP contribution in [-0.4, -0.2) is 40.3 Å². The third kappa shape index (κ3) is 3.87. The van der Waals surface area contributed by atoms with Gasteiger partial charge in [-0.05, 0) is 51.9 Å². The number of nitrogens with zero attached hydrogens (tertiary/aromatic N) is 1. The van der Waals surface area contributed by atoms with Crippen molar-refractivity contribution >= 4 is 12.1 Å². The summed E-state index contributed by atoms with van der Waals surface area (Å²) in [6.45, 7) is 5.87. The summed E-state index contributed by atoms with van der Waals surface area (Å²) >= 11 is 0. The van der Waals surface area contributed by atoms with Gasteiger partial charge in [-0.25, -0.2) is 9.59 Å². The summed E-state index contributed by atoms with van der Waals surface area (Å²) in [6, 6.07) is -0.723. The molecule has 1 N–H and O–H groups in total. The van der Waals surface area contributed by atoms with Crippen molar-refractivity contribution in [3.05, 3.63) is 0 Å². The zero-order valence-corrected chi connectivity index (χ0v) is 12.6. The van der Waals surface area contributed by atoms with Gasteiger partial charge in [-0.2, -0.15) is 0 Å². The first-order valence-electron chi connectivity index (χ1n) is 7.50. The Morgan fingerprint density at radius 1 is 1.25 bits per heavy atom. The van der Waals surface area contributed by atoms with Crippen molar-refractivity contribution in [3.8, 4) is 0 Å². The largest absolute Gasteiger partial charge is 0.480 e. The molecule has 0 bridgehead atoms. The van der Waals surface area contributed by atoms with Crippen LogP contribution >= 0.6 is 0 Å². The van der Waals surface area contributed by atoms with Gasteiger partial charge < -0.3 is 9.84 Å². The topological polar surface area (TPSA) is 66.8 Å². The number of ether oxygens (including phenoxy) is 1. The zero-order valence-electron chi connectivity index (χ0n) is 12.6. The third-order valence-electron chi connectivity index (χ3n) is 3.97. The van der Waals surface area contributed by atoms with Crippen LogP contribution in [0.5, 0.6) is 0 Å². The Morgan fingerprint density at radius 2 is 1.90 bits per heavy atom. The van der Waals surface area contributed by atoms with E-state index in [0.29, 0.717) is 12.5 Å². The van der Waals surface area contributed by atoms with Crippen LogP contribution in [0, 0.1) is 11.8 Å². The molecular formula is C15H25NO4. The van der Waals surface area contributed by atoms with Gasteiger partial charge in [-0.1, -0.05) is 12.8 Å². The average Bonchev–Trinajstić information content (AvgIpc) is 3.10. The summed E-state index contributed by atoms with van der Waals surface area (Å²) in [4.78, 5) is 25.2. The first-order chi connectivity index (χ1) is 9.28. The predicted molar refractivity (Wildman–Crippen MR) is 74.4 cm³/mol. The number of carbonyl (C=O) groups excluding carboxylic acids is 1. The number of hydrogen-bond donors (Lipinski definition) is 1. The van der Waals surface area contributed by atoms with E-state index < -0.39 is 23.7 Å². The summed E-state index contributed by atoms with van der Waals surface area (Å²) in [6.07, 6.45) is 4.60. The molecule has 0 aromatic heterocycles. The molecule has 2 aliphatic rings. The molecule has 5 heteroatoms. The van der Waals surface area contributed by atoms with Gasteiger partial charge in [0.2, 0.25) is 0 Å². The predicted octanol–water partition coefficient (Wildman–Crippen LogP) is 2.89. The number of carbonyl (C=O) groups is 2. The molecule has 0 aromatic carbocycles. The van der Waals surface area contributed by atoms with Crippen molar-refractivity contribution in [2.24, 2.45) is 11.8 Å². The lowest BCUT2D eigenvalue weighted by Gasteiger charge is -2.39. The molecule has 1 saturated heterocycles. The van der Waals surface area contributed by atoms with Crippen LogP contribution in [0.15, 0.2) is 0 Å². The lowest BCUT2D eigenvalue weighted by molar-refractivity contribution is -0.147. The molecule has 5 nitrogen and oxygen atoms in total. The summed E-state index contributed by atoms with van der Waals surface area (Å²) in [7, 11) is 0. The number of likely N-dealkylation sites (tertiary alicyclic amines) is 1. The minimum Gasteiger partial charge on any atom is -0.480 e. The smallest absolute Gasteiger partial charge is 0.411 e. The fourth-order valence-corrected chi connectivity index (χ4v) is 2.96. The fourth-order valence-electron chi connectivity index (χ4n) is 2.96. The number of rotatable bonds is 3. The zero-order chi connectivity index (χ0) is 14.9. The van der Waals surface area contributed by atoms with Gasteiger partial charge in [-0.15, -0.1) is 0 Å². The monoisotopic (exact) mass is 283 g/mol. The van der Waals surface area contributed by atoms with Crippen LogP contribution in [0.4, 0.5) is 4.79 Å². The van der Waals surface area contributed by atoms with Crippen LogP contribution < -0.4 is 0 Å². The molecular weight excluding hydrogens is 258 g/mol. The van der Waals surface area contributed by atoms with E-state index in [1.54, 1.807) is 20.8 Å².